The predicted octanol–water partition coefficient (Wildman–Crippen LogP) is 3.16. The zero-order valence-corrected chi connectivity index (χ0v) is 21.2. The van der Waals surface area contributed by atoms with E-state index in [2.05, 4.69) is 23.8 Å². The van der Waals surface area contributed by atoms with Gasteiger partial charge >= 0.3 is 11.9 Å². The summed E-state index contributed by atoms with van der Waals surface area (Å²) in [4.78, 5) is 34.4. The van der Waals surface area contributed by atoms with Crippen LogP contribution >= 0.6 is 0 Å². The highest BCUT2D eigenvalue weighted by Gasteiger charge is 2.32. The van der Waals surface area contributed by atoms with Crippen LogP contribution in [0.25, 0.3) is 10.9 Å². The lowest BCUT2D eigenvalue weighted by atomic mass is 9.85. The lowest BCUT2D eigenvalue weighted by Crippen LogP contribution is -2.45. The van der Waals surface area contributed by atoms with Crippen LogP contribution in [0.1, 0.15) is 62.4 Å². The van der Waals surface area contributed by atoms with E-state index in [1.807, 2.05) is 29.1 Å². The van der Waals surface area contributed by atoms with E-state index < -0.39 is 17.5 Å². The molecular weight excluding hydrogens is 466 g/mol. The topological polar surface area (TPSA) is 142 Å². The summed E-state index contributed by atoms with van der Waals surface area (Å²) in [5.41, 5.74) is 0.692. The van der Waals surface area contributed by atoms with E-state index in [0.29, 0.717) is 30.6 Å². The maximum Gasteiger partial charge on any atom is 0.328 e. The molecule has 1 aliphatic rings. The summed E-state index contributed by atoms with van der Waals surface area (Å²) in [7, 11) is 1.72. The smallest absolute Gasteiger partial charge is 0.328 e. The van der Waals surface area contributed by atoms with E-state index >= 15 is 0 Å². The molecule has 10 heteroatoms. The number of hydrogen-bond donors (Lipinski definition) is 3. The molecule has 2 heterocycles. The Hall–Kier alpha value is -3.08. The van der Waals surface area contributed by atoms with Crippen molar-refractivity contribution in [1.82, 2.24) is 14.7 Å². The lowest BCUT2D eigenvalue weighted by molar-refractivity contribution is -0.134. The normalized spacial score (nSPS) is 15.7. The van der Waals surface area contributed by atoms with Gasteiger partial charge in [0.25, 0.3) is 0 Å². The molecule has 0 aliphatic carbocycles. The van der Waals surface area contributed by atoms with Crippen LogP contribution in [0, 0.1) is 0 Å². The second-order valence-corrected chi connectivity index (χ2v) is 9.29. The van der Waals surface area contributed by atoms with E-state index in [1.54, 1.807) is 7.11 Å². The Labute approximate surface area is 211 Å². The number of benzene rings is 1. The number of nitrogens with zero attached hydrogens (tertiary/aromatic N) is 3. The van der Waals surface area contributed by atoms with Crippen LogP contribution in [-0.4, -0.2) is 86.7 Å². The highest BCUT2D eigenvalue weighted by Crippen LogP contribution is 2.29. The minimum atomic E-state index is -1.26. The minimum absolute atomic E-state index is 0.0653. The van der Waals surface area contributed by atoms with Crippen molar-refractivity contribution in [1.29, 1.82) is 0 Å². The van der Waals surface area contributed by atoms with E-state index in [4.69, 9.17) is 14.9 Å². The first kappa shape index (κ1) is 29.2. The standard InChI is InChI=1S/C22H33N3O3.C4H4O4/c1-17(2)25-16-18-6-4-7-19(21(18)23-25)20(26)8-9-22(27)10-13-24(14-11-22)12-5-15-28-3;5-3(6)1-2-4(7)8/h4,6-7,16-17,27H,5,8-15H2,1-3H3;1-2H,(H,5,6)(H,7,8)/b;2-1+. The Morgan fingerprint density at radius 2 is 1.78 bits per heavy atom. The van der Waals surface area contributed by atoms with Crippen molar-refractivity contribution in [2.75, 3.05) is 33.4 Å². The monoisotopic (exact) mass is 503 g/mol. The number of carbonyl (C=O) groups excluding carboxylic acids is 1. The highest BCUT2D eigenvalue weighted by molar-refractivity contribution is 6.06. The fourth-order valence-electron chi connectivity index (χ4n) is 4.05. The average Bonchev–Trinajstić information content (AvgIpc) is 3.28. The number of methoxy groups -OCH3 is 1. The number of carboxylic acids is 2. The summed E-state index contributed by atoms with van der Waals surface area (Å²) in [6, 6.07) is 6.01. The Balaban J connectivity index is 0.000000493. The maximum absolute atomic E-state index is 12.9. The fourth-order valence-corrected chi connectivity index (χ4v) is 4.05. The molecule has 0 radical (unpaired) electrons. The first-order chi connectivity index (χ1) is 17.0. The number of likely N-dealkylation sites (tertiary alicyclic amines) is 1. The number of Topliss-reactive ketones (excluding diaryl/α,β-unsaturated/α-hetero) is 1. The molecule has 3 N–H and O–H groups in total. The molecule has 1 fully saturated rings. The van der Waals surface area contributed by atoms with Crippen LogP contribution in [0.2, 0.25) is 0 Å². The van der Waals surface area contributed by atoms with Crippen molar-refractivity contribution in [2.45, 2.75) is 57.6 Å². The number of aliphatic hydroxyl groups is 1. The third-order valence-electron chi connectivity index (χ3n) is 6.18. The summed E-state index contributed by atoms with van der Waals surface area (Å²) in [6.45, 7) is 7.68. The molecule has 198 valence electrons. The van der Waals surface area contributed by atoms with Crippen LogP contribution in [0.4, 0.5) is 0 Å². The van der Waals surface area contributed by atoms with Gasteiger partial charge in [-0.2, -0.15) is 5.10 Å². The van der Waals surface area contributed by atoms with Gasteiger partial charge in [0.15, 0.2) is 5.78 Å². The third kappa shape index (κ3) is 9.18. The maximum atomic E-state index is 12.9. The molecule has 0 saturated carbocycles. The number of aromatic nitrogens is 2. The lowest BCUT2D eigenvalue weighted by Gasteiger charge is -2.38. The second kappa shape index (κ2) is 13.9. The number of hydrogen-bond acceptors (Lipinski definition) is 7. The van der Waals surface area contributed by atoms with Gasteiger partial charge in [0.1, 0.15) is 5.52 Å². The van der Waals surface area contributed by atoms with Gasteiger partial charge in [-0.05, 0) is 45.6 Å². The Bertz CT molecular complexity index is 1040. The molecule has 0 atom stereocenters. The van der Waals surface area contributed by atoms with Crippen LogP contribution in [0.3, 0.4) is 0 Å². The summed E-state index contributed by atoms with van der Waals surface area (Å²) in [5.74, 6) is -2.45. The summed E-state index contributed by atoms with van der Waals surface area (Å²) in [6.07, 6.45) is 6.43. The van der Waals surface area contributed by atoms with Gasteiger partial charge in [0.2, 0.25) is 0 Å². The van der Waals surface area contributed by atoms with Gasteiger partial charge in [0, 0.05) is 75.1 Å². The Kier molecular flexibility index (Phi) is 11.2. The van der Waals surface area contributed by atoms with Crippen molar-refractivity contribution >= 4 is 28.6 Å². The summed E-state index contributed by atoms with van der Waals surface area (Å²) >= 11 is 0. The minimum Gasteiger partial charge on any atom is -0.478 e. The largest absolute Gasteiger partial charge is 0.478 e. The molecule has 0 bridgehead atoms. The first-order valence-electron chi connectivity index (χ1n) is 12.1. The molecule has 0 amide bonds. The molecule has 3 rings (SSSR count). The van der Waals surface area contributed by atoms with Gasteiger partial charge in [0.05, 0.1) is 5.60 Å². The molecule has 0 spiro atoms. The van der Waals surface area contributed by atoms with Crippen LogP contribution in [0.15, 0.2) is 36.5 Å². The van der Waals surface area contributed by atoms with Crippen molar-refractivity contribution < 1.29 is 34.4 Å². The van der Waals surface area contributed by atoms with Crippen LogP contribution in [-0.2, 0) is 14.3 Å². The zero-order chi connectivity index (χ0) is 26.7. The van der Waals surface area contributed by atoms with Gasteiger partial charge in [-0.3, -0.25) is 9.48 Å². The molecule has 1 aromatic heterocycles. The Morgan fingerprint density at radius 3 is 2.33 bits per heavy atom. The highest BCUT2D eigenvalue weighted by atomic mass is 16.5. The number of piperidine rings is 1. The molecule has 2 aromatic rings. The number of carbonyl (C=O) groups is 3. The molecular formula is C26H37N3O7. The second-order valence-electron chi connectivity index (χ2n) is 9.29. The number of ketones is 1. The molecule has 10 nitrogen and oxygen atoms in total. The molecule has 36 heavy (non-hydrogen) atoms. The van der Waals surface area contributed by atoms with Gasteiger partial charge in [-0.15, -0.1) is 0 Å². The third-order valence-corrected chi connectivity index (χ3v) is 6.18. The summed E-state index contributed by atoms with van der Waals surface area (Å²) in [5, 5.41) is 32.1. The molecule has 1 aliphatic heterocycles. The zero-order valence-electron chi connectivity index (χ0n) is 21.2. The number of carboxylic acid groups (broad SMARTS) is 2. The van der Waals surface area contributed by atoms with Gasteiger partial charge in [-0.25, -0.2) is 9.59 Å². The van der Waals surface area contributed by atoms with E-state index in [1.165, 1.54) is 0 Å². The number of fused-ring (bicyclic) bond motifs is 1. The van der Waals surface area contributed by atoms with Gasteiger partial charge in [-0.1, -0.05) is 12.1 Å². The quantitative estimate of drug-likeness (QED) is 0.239. The Morgan fingerprint density at radius 1 is 1.14 bits per heavy atom. The van der Waals surface area contributed by atoms with Crippen molar-refractivity contribution in [3.63, 3.8) is 0 Å². The number of ether oxygens (including phenoxy) is 1. The van der Waals surface area contributed by atoms with E-state index in [9.17, 15) is 19.5 Å². The molecule has 1 aromatic carbocycles. The SMILES string of the molecule is COCCCN1CCC(O)(CCC(=O)c2cccc3cn(C(C)C)nc23)CC1.O=C(O)/C=C/C(=O)O. The first-order valence-corrected chi connectivity index (χ1v) is 12.1. The predicted molar refractivity (Wildman–Crippen MR) is 135 cm³/mol. The van der Waals surface area contributed by atoms with Crippen LogP contribution in [0.5, 0.6) is 0 Å². The number of rotatable bonds is 11. The fraction of sp³-hybridized carbons (Fsp3) is 0.538. The average molecular weight is 504 g/mol. The van der Waals surface area contributed by atoms with Crippen molar-refractivity contribution in [2.24, 2.45) is 0 Å². The van der Waals surface area contributed by atoms with Crippen LogP contribution < -0.4 is 0 Å². The molecule has 0 unspecified atom stereocenters. The molecule has 1 saturated heterocycles. The van der Waals surface area contributed by atoms with E-state index in [-0.39, 0.29) is 11.8 Å². The number of aliphatic carboxylic acids is 2. The van der Waals surface area contributed by atoms with Gasteiger partial charge < -0.3 is 25.0 Å². The van der Waals surface area contributed by atoms with Crippen molar-refractivity contribution in [3.8, 4) is 0 Å². The van der Waals surface area contributed by atoms with E-state index in [0.717, 1.165) is 56.4 Å². The van der Waals surface area contributed by atoms with Crippen molar-refractivity contribution in [3.05, 3.63) is 42.1 Å². The summed E-state index contributed by atoms with van der Waals surface area (Å²) < 4.78 is 7.00.